The molecule has 1 atom stereocenters. The number of hydrogen-bond donors (Lipinski definition) is 2. The molecule has 1 aliphatic rings. The zero-order valence-electron chi connectivity index (χ0n) is 10.6. The predicted molar refractivity (Wildman–Crippen MR) is 69.0 cm³/mol. The summed E-state index contributed by atoms with van der Waals surface area (Å²) in [5.41, 5.74) is 1.41. The highest BCUT2D eigenvalue weighted by molar-refractivity contribution is 6.00. The van der Waals surface area contributed by atoms with Gasteiger partial charge in [0.2, 0.25) is 0 Å². The van der Waals surface area contributed by atoms with Gasteiger partial charge in [0.15, 0.2) is 0 Å². The second-order valence-electron chi connectivity index (χ2n) is 4.82. The minimum atomic E-state index is -0.425. The highest BCUT2D eigenvalue weighted by Gasteiger charge is 2.35. The summed E-state index contributed by atoms with van der Waals surface area (Å²) in [4.78, 5) is 22.8. The Kier molecular flexibility index (Phi) is 2.98. The van der Waals surface area contributed by atoms with Gasteiger partial charge in [0.25, 0.3) is 0 Å². The number of ether oxygens (including phenoxy) is 1. The first kappa shape index (κ1) is 12.4. The lowest BCUT2D eigenvalue weighted by atomic mass is 9.91. The number of methoxy groups -OCH3 is 1. The largest absolute Gasteiger partial charge is 0.465 e. The van der Waals surface area contributed by atoms with Crippen molar-refractivity contribution in [1.29, 1.82) is 0 Å². The molecule has 0 saturated carbocycles. The third-order valence-electron chi connectivity index (χ3n) is 3.14. The zero-order valence-corrected chi connectivity index (χ0v) is 10.6. The van der Waals surface area contributed by atoms with E-state index in [4.69, 9.17) is 4.74 Å². The lowest BCUT2D eigenvalue weighted by molar-refractivity contribution is -0.109. The van der Waals surface area contributed by atoms with Crippen molar-refractivity contribution in [2.24, 2.45) is 0 Å². The van der Waals surface area contributed by atoms with Crippen molar-refractivity contribution in [3.8, 4) is 0 Å². The van der Waals surface area contributed by atoms with Crippen molar-refractivity contribution < 1.29 is 14.3 Å². The summed E-state index contributed by atoms with van der Waals surface area (Å²) in [5, 5.41) is 6.34. The molecule has 5 heteroatoms. The van der Waals surface area contributed by atoms with Crippen molar-refractivity contribution in [1.82, 2.24) is 0 Å². The monoisotopic (exact) mass is 248 g/mol. The third-order valence-corrected chi connectivity index (χ3v) is 3.14. The van der Waals surface area contributed by atoms with Crippen LogP contribution in [0.4, 0.5) is 11.4 Å². The molecular formula is C13H16N2O3. The molecule has 0 saturated heterocycles. The lowest BCUT2D eigenvalue weighted by Crippen LogP contribution is -2.52. The highest BCUT2D eigenvalue weighted by Crippen LogP contribution is 2.35. The lowest BCUT2D eigenvalue weighted by Gasteiger charge is -2.40. The van der Waals surface area contributed by atoms with Gasteiger partial charge in [-0.05, 0) is 26.0 Å². The zero-order chi connectivity index (χ0) is 13.3. The van der Waals surface area contributed by atoms with Crippen LogP contribution in [0.25, 0.3) is 0 Å². The van der Waals surface area contributed by atoms with Crippen LogP contribution in [0.1, 0.15) is 24.2 Å². The molecule has 2 rings (SSSR count). The van der Waals surface area contributed by atoms with Gasteiger partial charge in [-0.25, -0.2) is 4.79 Å². The van der Waals surface area contributed by atoms with Crippen LogP contribution < -0.4 is 10.6 Å². The van der Waals surface area contributed by atoms with E-state index in [1.54, 1.807) is 12.1 Å². The number of para-hydroxylation sites is 1. The molecule has 0 amide bonds. The summed E-state index contributed by atoms with van der Waals surface area (Å²) in [6, 6.07) is 4.89. The van der Waals surface area contributed by atoms with E-state index in [1.165, 1.54) is 7.11 Å². The van der Waals surface area contributed by atoms with Crippen molar-refractivity contribution in [3.63, 3.8) is 0 Å². The number of anilines is 2. The first-order valence-electron chi connectivity index (χ1n) is 5.71. The predicted octanol–water partition coefficient (Wildman–Crippen LogP) is 1.66. The summed E-state index contributed by atoms with van der Waals surface area (Å²) < 4.78 is 4.73. The number of nitrogens with one attached hydrogen (secondary N) is 2. The van der Waals surface area contributed by atoms with E-state index in [2.05, 4.69) is 10.6 Å². The van der Waals surface area contributed by atoms with E-state index in [0.717, 1.165) is 12.0 Å². The number of carbonyl (C=O) groups excluding carboxylic acids is 2. The molecule has 1 aromatic rings. The topological polar surface area (TPSA) is 67.4 Å². The molecule has 5 nitrogen and oxygen atoms in total. The first-order valence-corrected chi connectivity index (χ1v) is 5.71. The third kappa shape index (κ3) is 1.92. The van der Waals surface area contributed by atoms with Gasteiger partial charge in [-0.1, -0.05) is 6.07 Å². The van der Waals surface area contributed by atoms with Crippen LogP contribution in [0.15, 0.2) is 18.2 Å². The second-order valence-corrected chi connectivity index (χ2v) is 4.82. The Morgan fingerprint density at radius 3 is 2.78 bits per heavy atom. The summed E-state index contributed by atoms with van der Waals surface area (Å²) >= 11 is 0. The maximum atomic E-state index is 11.7. The molecule has 0 aromatic heterocycles. The standard InChI is InChI=1S/C13H16N2O3/c1-13(2)10(7-16)14-11-8(12(17)18-3)5-4-6-9(11)15-13/h4-7,10,14-15H,1-3H3. The fourth-order valence-corrected chi connectivity index (χ4v) is 2.06. The van der Waals surface area contributed by atoms with Crippen molar-refractivity contribution in [3.05, 3.63) is 23.8 Å². The number of carbonyl (C=O) groups is 2. The SMILES string of the molecule is COC(=O)c1cccc2c1NC(C=O)C(C)(C)N2. The molecule has 0 spiro atoms. The van der Waals surface area contributed by atoms with Crippen LogP contribution in [0, 0.1) is 0 Å². The van der Waals surface area contributed by atoms with Crippen LogP contribution in [-0.2, 0) is 9.53 Å². The summed E-state index contributed by atoms with van der Waals surface area (Å²) in [6.07, 6.45) is 0.837. The average molecular weight is 248 g/mol. The maximum Gasteiger partial charge on any atom is 0.340 e. The van der Waals surface area contributed by atoms with Gasteiger partial charge < -0.3 is 20.2 Å². The molecule has 1 aromatic carbocycles. The fraction of sp³-hybridized carbons (Fsp3) is 0.385. The van der Waals surface area contributed by atoms with E-state index in [0.29, 0.717) is 11.3 Å². The van der Waals surface area contributed by atoms with Gasteiger partial charge in [-0.2, -0.15) is 0 Å². The van der Waals surface area contributed by atoms with Crippen LogP contribution in [-0.4, -0.2) is 30.9 Å². The van der Waals surface area contributed by atoms with Crippen molar-refractivity contribution in [2.45, 2.75) is 25.4 Å². The molecule has 1 heterocycles. The van der Waals surface area contributed by atoms with E-state index >= 15 is 0 Å². The molecule has 1 unspecified atom stereocenters. The smallest absolute Gasteiger partial charge is 0.340 e. The molecule has 2 N–H and O–H groups in total. The summed E-state index contributed by atoms with van der Waals surface area (Å²) in [5.74, 6) is -0.425. The minimum Gasteiger partial charge on any atom is -0.465 e. The fourth-order valence-electron chi connectivity index (χ4n) is 2.06. The molecule has 96 valence electrons. The second kappa shape index (κ2) is 4.33. The van der Waals surface area contributed by atoms with Gasteiger partial charge in [0, 0.05) is 0 Å². The number of rotatable bonds is 2. The van der Waals surface area contributed by atoms with Crippen LogP contribution in [0.5, 0.6) is 0 Å². The number of esters is 1. The Bertz CT molecular complexity index is 497. The molecule has 0 fully saturated rings. The van der Waals surface area contributed by atoms with E-state index in [-0.39, 0.29) is 0 Å². The van der Waals surface area contributed by atoms with Gasteiger partial charge in [-0.15, -0.1) is 0 Å². The van der Waals surface area contributed by atoms with Crippen molar-refractivity contribution >= 4 is 23.6 Å². The molecule has 0 bridgehead atoms. The van der Waals surface area contributed by atoms with Gasteiger partial charge in [0.05, 0.1) is 29.6 Å². The normalized spacial score (nSPS) is 20.1. The quantitative estimate of drug-likeness (QED) is 0.615. The van der Waals surface area contributed by atoms with Crippen molar-refractivity contribution in [2.75, 3.05) is 17.7 Å². The molecular weight excluding hydrogens is 232 g/mol. The van der Waals surface area contributed by atoms with Crippen LogP contribution in [0.2, 0.25) is 0 Å². The van der Waals surface area contributed by atoms with Crippen LogP contribution in [0.3, 0.4) is 0 Å². The summed E-state index contributed by atoms with van der Waals surface area (Å²) in [6.45, 7) is 3.85. The van der Waals surface area contributed by atoms with Gasteiger partial charge in [-0.3, -0.25) is 0 Å². The first-order chi connectivity index (χ1) is 8.49. The van der Waals surface area contributed by atoms with Gasteiger partial charge >= 0.3 is 5.97 Å². The van der Waals surface area contributed by atoms with Crippen LogP contribution >= 0.6 is 0 Å². The average Bonchev–Trinajstić information content (AvgIpc) is 2.35. The molecule has 18 heavy (non-hydrogen) atoms. The van der Waals surface area contributed by atoms with E-state index in [1.807, 2.05) is 19.9 Å². The Morgan fingerprint density at radius 2 is 2.17 bits per heavy atom. The number of aldehydes is 1. The number of benzene rings is 1. The summed E-state index contributed by atoms with van der Waals surface area (Å²) in [7, 11) is 1.33. The van der Waals surface area contributed by atoms with Gasteiger partial charge in [0.1, 0.15) is 12.3 Å². The highest BCUT2D eigenvalue weighted by atomic mass is 16.5. The Labute approximate surface area is 106 Å². The number of hydrogen-bond acceptors (Lipinski definition) is 5. The Hall–Kier alpha value is -2.04. The molecule has 0 aliphatic carbocycles. The minimum absolute atomic E-state index is 0.407. The Morgan fingerprint density at radius 1 is 1.44 bits per heavy atom. The van der Waals surface area contributed by atoms with E-state index in [9.17, 15) is 9.59 Å². The molecule has 0 radical (unpaired) electrons. The maximum absolute atomic E-state index is 11.7. The number of fused-ring (bicyclic) bond motifs is 1. The molecule has 1 aliphatic heterocycles. The van der Waals surface area contributed by atoms with E-state index < -0.39 is 17.6 Å². The Balaban J connectivity index is 2.49.